The second-order valence-electron chi connectivity index (χ2n) is 4.34. The minimum Gasteiger partial charge on any atom is -0.326 e. The molecule has 0 bridgehead atoms. The summed E-state index contributed by atoms with van der Waals surface area (Å²) in [6.45, 7) is 1.44. The van der Waals surface area contributed by atoms with Gasteiger partial charge in [0.25, 0.3) is 5.91 Å². The Kier molecular flexibility index (Phi) is 5.35. The summed E-state index contributed by atoms with van der Waals surface area (Å²) in [5, 5.41) is 5.50. The second-order valence-corrected chi connectivity index (χ2v) is 6.42. The number of carbonyl (C=O) groups excluding carboxylic acids is 2. The maximum atomic E-state index is 12.3. The Morgan fingerprint density at radius 2 is 1.71 bits per heavy atom. The van der Waals surface area contributed by atoms with Crippen LogP contribution in [-0.2, 0) is 4.79 Å². The van der Waals surface area contributed by atoms with Gasteiger partial charge in [0.2, 0.25) is 5.91 Å². The van der Waals surface area contributed by atoms with E-state index in [1.807, 2.05) is 12.1 Å². The lowest BCUT2D eigenvalue weighted by Gasteiger charge is -2.09. The molecule has 21 heavy (non-hydrogen) atoms. The van der Waals surface area contributed by atoms with Crippen LogP contribution in [0.2, 0.25) is 0 Å². The molecule has 0 saturated carbocycles. The number of hydrogen-bond acceptors (Lipinski definition) is 2. The zero-order valence-electron chi connectivity index (χ0n) is 11.1. The number of hydrogen-bond donors (Lipinski definition) is 2. The molecule has 0 atom stereocenters. The lowest BCUT2D eigenvalue weighted by Crippen LogP contribution is -2.14. The average molecular weight is 459 g/mol. The molecule has 4 nitrogen and oxygen atoms in total. The third kappa shape index (κ3) is 4.53. The maximum Gasteiger partial charge on any atom is 0.256 e. The van der Waals surface area contributed by atoms with Crippen LogP contribution in [0.3, 0.4) is 0 Å². The number of benzene rings is 2. The van der Waals surface area contributed by atoms with Crippen LogP contribution >= 0.6 is 38.5 Å². The van der Waals surface area contributed by atoms with E-state index in [2.05, 4.69) is 49.2 Å². The smallest absolute Gasteiger partial charge is 0.256 e. The lowest BCUT2D eigenvalue weighted by atomic mass is 10.2. The van der Waals surface area contributed by atoms with Crippen molar-refractivity contribution in [1.29, 1.82) is 0 Å². The molecule has 0 aromatic heterocycles. The standard InChI is InChI=1S/C15H12BrIN2O2/c1-9(20)18-11-3-2-4-12(8-11)19-15(21)13-7-10(16)5-6-14(13)17/h2-8H,1H3,(H,18,20)(H,19,21). The Balaban J connectivity index is 2.19. The van der Waals surface area contributed by atoms with Gasteiger partial charge in [-0.25, -0.2) is 0 Å². The van der Waals surface area contributed by atoms with Gasteiger partial charge in [0.15, 0.2) is 0 Å². The summed E-state index contributed by atoms with van der Waals surface area (Å²) in [4.78, 5) is 23.3. The Labute approximate surface area is 144 Å². The predicted octanol–water partition coefficient (Wildman–Crippen LogP) is 4.26. The van der Waals surface area contributed by atoms with E-state index in [1.54, 1.807) is 30.3 Å². The zero-order valence-corrected chi connectivity index (χ0v) is 14.9. The molecule has 0 radical (unpaired) electrons. The molecule has 0 aliphatic rings. The molecule has 2 rings (SSSR count). The van der Waals surface area contributed by atoms with E-state index >= 15 is 0 Å². The number of amides is 2. The highest BCUT2D eigenvalue weighted by atomic mass is 127. The molecule has 2 amide bonds. The fourth-order valence-corrected chi connectivity index (χ4v) is 2.69. The topological polar surface area (TPSA) is 58.2 Å². The van der Waals surface area contributed by atoms with Crippen LogP contribution in [-0.4, -0.2) is 11.8 Å². The van der Waals surface area contributed by atoms with Crippen LogP contribution in [0.5, 0.6) is 0 Å². The molecule has 2 N–H and O–H groups in total. The van der Waals surface area contributed by atoms with Crippen LogP contribution < -0.4 is 10.6 Å². The number of carbonyl (C=O) groups is 2. The summed E-state index contributed by atoms with van der Waals surface area (Å²) in [5.74, 6) is -0.347. The van der Waals surface area contributed by atoms with Gasteiger partial charge in [0, 0.05) is 26.3 Å². The Bertz CT molecular complexity index is 704. The van der Waals surface area contributed by atoms with Gasteiger partial charge >= 0.3 is 0 Å². The normalized spacial score (nSPS) is 10.0. The van der Waals surface area contributed by atoms with Gasteiger partial charge in [-0.15, -0.1) is 0 Å². The van der Waals surface area contributed by atoms with Gasteiger partial charge in [0.05, 0.1) is 5.56 Å². The molecular weight excluding hydrogens is 447 g/mol. The summed E-state index contributed by atoms with van der Waals surface area (Å²) in [6, 6.07) is 12.5. The molecule has 2 aromatic carbocycles. The zero-order chi connectivity index (χ0) is 15.4. The van der Waals surface area contributed by atoms with Gasteiger partial charge in [-0.2, -0.15) is 0 Å². The third-order valence-electron chi connectivity index (χ3n) is 2.61. The molecule has 2 aromatic rings. The maximum absolute atomic E-state index is 12.3. The summed E-state index contributed by atoms with van der Waals surface area (Å²) < 4.78 is 1.71. The van der Waals surface area contributed by atoms with Crippen molar-refractivity contribution >= 4 is 61.7 Å². The molecule has 108 valence electrons. The Morgan fingerprint density at radius 1 is 1.05 bits per heavy atom. The van der Waals surface area contributed by atoms with E-state index < -0.39 is 0 Å². The van der Waals surface area contributed by atoms with Gasteiger partial charge in [-0.05, 0) is 59.0 Å². The van der Waals surface area contributed by atoms with E-state index in [9.17, 15) is 9.59 Å². The molecule has 0 fully saturated rings. The highest BCUT2D eigenvalue weighted by molar-refractivity contribution is 14.1. The van der Waals surface area contributed by atoms with Crippen molar-refractivity contribution in [2.24, 2.45) is 0 Å². The molecule has 0 saturated heterocycles. The highest BCUT2D eigenvalue weighted by Crippen LogP contribution is 2.21. The van der Waals surface area contributed by atoms with Gasteiger partial charge in [-0.1, -0.05) is 22.0 Å². The van der Waals surface area contributed by atoms with Gasteiger partial charge in [-0.3, -0.25) is 9.59 Å². The summed E-state index contributed by atoms with van der Waals surface area (Å²) in [6.07, 6.45) is 0. The van der Waals surface area contributed by atoms with Crippen LogP contribution in [0.25, 0.3) is 0 Å². The van der Waals surface area contributed by atoms with Crippen LogP contribution in [0.1, 0.15) is 17.3 Å². The van der Waals surface area contributed by atoms with Crippen LogP contribution in [0.4, 0.5) is 11.4 Å². The van der Waals surface area contributed by atoms with E-state index in [0.717, 1.165) is 8.04 Å². The minimum absolute atomic E-state index is 0.153. The fourth-order valence-electron chi connectivity index (χ4n) is 1.75. The first-order valence-corrected chi connectivity index (χ1v) is 7.97. The van der Waals surface area contributed by atoms with Crippen molar-refractivity contribution < 1.29 is 9.59 Å². The Hall–Kier alpha value is -1.41. The lowest BCUT2D eigenvalue weighted by molar-refractivity contribution is -0.114. The van der Waals surface area contributed by atoms with E-state index in [4.69, 9.17) is 0 Å². The van der Waals surface area contributed by atoms with Crippen molar-refractivity contribution in [3.63, 3.8) is 0 Å². The monoisotopic (exact) mass is 458 g/mol. The first-order valence-electron chi connectivity index (χ1n) is 6.10. The van der Waals surface area contributed by atoms with Crippen molar-refractivity contribution in [2.45, 2.75) is 6.92 Å². The number of nitrogens with one attached hydrogen (secondary N) is 2. The predicted molar refractivity (Wildman–Crippen MR) is 95.6 cm³/mol. The first kappa shape index (κ1) is 16.0. The van der Waals surface area contributed by atoms with E-state index in [1.165, 1.54) is 6.92 Å². The summed E-state index contributed by atoms with van der Waals surface area (Å²) >= 11 is 5.48. The fraction of sp³-hybridized carbons (Fsp3) is 0.0667. The van der Waals surface area contributed by atoms with E-state index in [0.29, 0.717) is 16.9 Å². The van der Waals surface area contributed by atoms with Crippen LogP contribution in [0, 0.1) is 3.57 Å². The van der Waals surface area contributed by atoms with Crippen LogP contribution in [0.15, 0.2) is 46.9 Å². The largest absolute Gasteiger partial charge is 0.326 e. The molecule has 0 unspecified atom stereocenters. The van der Waals surface area contributed by atoms with Crippen molar-refractivity contribution in [3.05, 3.63) is 56.1 Å². The summed E-state index contributed by atoms with van der Waals surface area (Å²) in [5.41, 5.74) is 1.86. The molecule has 0 spiro atoms. The van der Waals surface area contributed by atoms with E-state index in [-0.39, 0.29) is 11.8 Å². The van der Waals surface area contributed by atoms with Crippen molar-refractivity contribution in [2.75, 3.05) is 10.6 Å². The highest BCUT2D eigenvalue weighted by Gasteiger charge is 2.11. The molecule has 0 heterocycles. The molecule has 6 heteroatoms. The number of halogens is 2. The SMILES string of the molecule is CC(=O)Nc1cccc(NC(=O)c2cc(Br)ccc2I)c1. The molecule has 0 aliphatic carbocycles. The number of rotatable bonds is 3. The third-order valence-corrected chi connectivity index (χ3v) is 4.05. The summed E-state index contributed by atoms with van der Waals surface area (Å²) in [7, 11) is 0. The number of anilines is 2. The van der Waals surface area contributed by atoms with Crippen molar-refractivity contribution in [3.8, 4) is 0 Å². The van der Waals surface area contributed by atoms with Crippen molar-refractivity contribution in [1.82, 2.24) is 0 Å². The van der Waals surface area contributed by atoms with Gasteiger partial charge < -0.3 is 10.6 Å². The average Bonchev–Trinajstić information content (AvgIpc) is 2.41. The Morgan fingerprint density at radius 3 is 2.38 bits per heavy atom. The molecule has 0 aliphatic heterocycles. The first-order chi connectivity index (χ1) is 9.95. The minimum atomic E-state index is -0.194. The second kappa shape index (κ2) is 7.04. The quantitative estimate of drug-likeness (QED) is 0.675. The molecular formula is C15H12BrIN2O2. The van der Waals surface area contributed by atoms with Gasteiger partial charge in [0.1, 0.15) is 0 Å².